The summed E-state index contributed by atoms with van der Waals surface area (Å²) in [5.41, 5.74) is 4.34. The molecule has 0 saturated carbocycles. The van der Waals surface area contributed by atoms with Crippen molar-refractivity contribution in [2.24, 2.45) is 0 Å². The van der Waals surface area contributed by atoms with Gasteiger partial charge in [0, 0.05) is 41.0 Å². The maximum absolute atomic E-state index is 12.2. The minimum absolute atomic E-state index is 0.0787. The van der Waals surface area contributed by atoms with Crippen molar-refractivity contribution < 1.29 is 14.8 Å². The minimum atomic E-state index is -1.07. The summed E-state index contributed by atoms with van der Waals surface area (Å²) in [5.74, 6) is -1.74. The summed E-state index contributed by atoms with van der Waals surface area (Å²) in [7, 11) is 0. The molecule has 2 aromatic carbocycles. The van der Waals surface area contributed by atoms with Crippen LogP contribution >= 0.6 is 0 Å². The van der Waals surface area contributed by atoms with Crippen molar-refractivity contribution in [1.29, 1.82) is 0 Å². The molecule has 7 heteroatoms. The fraction of sp³-hybridized carbons (Fsp3) is 0.130. The molecule has 0 aliphatic carbocycles. The normalized spacial score (nSPS) is 16.5. The van der Waals surface area contributed by atoms with E-state index in [0.717, 1.165) is 27.7 Å². The van der Waals surface area contributed by atoms with E-state index in [4.69, 9.17) is 0 Å². The maximum atomic E-state index is 12.2. The Labute approximate surface area is 172 Å². The van der Waals surface area contributed by atoms with Crippen molar-refractivity contribution in [3.05, 3.63) is 99.0 Å². The molecule has 0 radical (unpaired) electrons. The van der Waals surface area contributed by atoms with Gasteiger partial charge in [0.15, 0.2) is 0 Å². The number of nitrogens with one attached hydrogen (secondary N) is 1. The molecule has 0 fully saturated rings. The molecule has 1 aliphatic heterocycles. The van der Waals surface area contributed by atoms with Crippen molar-refractivity contribution in [1.82, 2.24) is 10.3 Å². The van der Waals surface area contributed by atoms with E-state index in [0.29, 0.717) is 11.3 Å². The monoisotopic (exact) mass is 401 g/mol. The van der Waals surface area contributed by atoms with E-state index in [1.807, 2.05) is 37.3 Å². The van der Waals surface area contributed by atoms with Gasteiger partial charge in [-0.05, 0) is 42.7 Å². The SMILES string of the molecule is CC1=C(C(=O)O)C(c2cccc([N+](=O)[O-])c2)C(c2ccnc3ccccc23)=C(C)N1. The van der Waals surface area contributed by atoms with Crippen LogP contribution in [0.1, 0.15) is 30.9 Å². The molecule has 1 unspecified atom stereocenters. The number of carboxylic acid groups (broad SMARTS) is 1. The van der Waals surface area contributed by atoms with Gasteiger partial charge in [0.25, 0.3) is 5.69 Å². The molecular weight excluding hydrogens is 382 g/mol. The Kier molecular flexibility index (Phi) is 4.79. The van der Waals surface area contributed by atoms with Crippen LogP contribution in [0.5, 0.6) is 0 Å². The third kappa shape index (κ3) is 3.20. The molecule has 2 heterocycles. The average molecular weight is 401 g/mol. The number of dihydropyridines is 1. The topological polar surface area (TPSA) is 105 Å². The number of non-ortho nitro benzene ring substituents is 1. The van der Waals surface area contributed by atoms with Gasteiger partial charge in [-0.3, -0.25) is 15.1 Å². The van der Waals surface area contributed by atoms with Crippen molar-refractivity contribution >= 4 is 28.1 Å². The smallest absolute Gasteiger partial charge is 0.334 e. The summed E-state index contributed by atoms with van der Waals surface area (Å²) in [6.45, 7) is 3.59. The van der Waals surface area contributed by atoms with Crippen LogP contribution in [-0.2, 0) is 4.79 Å². The van der Waals surface area contributed by atoms with E-state index < -0.39 is 16.8 Å². The number of hydrogen-bond donors (Lipinski definition) is 2. The lowest BCUT2D eigenvalue weighted by molar-refractivity contribution is -0.384. The number of rotatable bonds is 4. The van der Waals surface area contributed by atoms with Crippen molar-refractivity contribution in [3.8, 4) is 0 Å². The summed E-state index contributed by atoms with van der Waals surface area (Å²) >= 11 is 0. The van der Waals surface area contributed by atoms with Crippen LogP contribution in [0.15, 0.2) is 77.8 Å². The van der Waals surface area contributed by atoms with Crippen LogP contribution in [0.4, 0.5) is 5.69 Å². The molecule has 4 rings (SSSR count). The Hall–Kier alpha value is -4.00. The molecular formula is C23H19N3O4. The highest BCUT2D eigenvalue weighted by Gasteiger charge is 2.35. The number of nitro groups is 1. The number of aromatic nitrogens is 1. The zero-order valence-electron chi connectivity index (χ0n) is 16.4. The number of benzene rings is 2. The van der Waals surface area contributed by atoms with Gasteiger partial charge in [-0.2, -0.15) is 0 Å². The molecule has 1 atom stereocenters. The number of hydrogen-bond acceptors (Lipinski definition) is 5. The Morgan fingerprint density at radius 3 is 2.60 bits per heavy atom. The molecule has 150 valence electrons. The van der Waals surface area contributed by atoms with E-state index in [1.54, 1.807) is 25.3 Å². The number of carbonyl (C=O) groups is 1. The molecule has 0 bridgehead atoms. The van der Waals surface area contributed by atoms with Gasteiger partial charge in [-0.15, -0.1) is 0 Å². The van der Waals surface area contributed by atoms with Gasteiger partial charge in [0.2, 0.25) is 0 Å². The summed E-state index contributed by atoms with van der Waals surface area (Å²) < 4.78 is 0. The number of para-hydroxylation sites is 1. The van der Waals surface area contributed by atoms with Gasteiger partial charge < -0.3 is 10.4 Å². The number of fused-ring (bicyclic) bond motifs is 1. The first-order valence-electron chi connectivity index (χ1n) is 9.39. The second-order valence-corrected chi connectivity index (χ2v) is 7.17. The summed E-state index contributed by atoms with van der Waals surface area (Å²) in [6, 6.07) is 15.7. The largest absolute Gasteiger partial charge is 0.478 e. The quantitative estimate of drug-likeness (QED) is 0.488. The fourth-order valence-electron chi connectivity index (χ4n) is 4.12. The molecule has 30 heavy (non-hydrogen) atoms. The van der Waals surface area contributed by atoms with E-state index in [1.165, 1.54) is 12.1 Å². The number of nitrogens with zero attached hydrogens (tertiary/aromatic N) is 2. The fourth-order valence-corrected chi connectivity index (χ4v) is 4.12. The lowest BCUT2D eigenvalue weighted by Crippen LogP contribution is -2.27. The van der Waals surface area contributed by atoms with E-state index in [9.17, 15) is 20.0 Å². The predicted octanol–water partition coefficient (Wildman–Crippen LogP) is 4.62. The summed E-state index contributed by atoms with van der Waals surface area (Å²) in [5, 5.41) is 25.4. The minimum Gasteiger partial charge on any atom is -0.478 e. The second-order valence-electron chi connectivity index (χ2n) is 7.17. The molecule has 7 nitrogen and oxygen atoms in total. The Morgan fingerprint density at radius 1 is 1.10 bits per heavy atom. The number of aliphatic carboxylic acids is 1. The van der Waals surface area contributed by atoms with Gasteiger partial charge in [-0.25, -0.2) is 4.79 Å². The average Bonchev–Trinajstić information content (AvgIpc) is 2.72. The molecule has 0 amide bonds. The van der Waals surface area contributed by atoms with Crippen LogP contribution in [0.25, 0.3) is 16.5 Å². The van der Waals surface area contributed by atoms with Crippen LogP contribution in [0.2, 0.25) is 0 Å². The molecule has 2 N–H and O–H groups in total. The van der Waals surface area contributed by atoms with Crippen LogP contribution in [-0.4, -0.2) is 21.0 Å². The van der Waals surface area contributed by atoms with Gasteiger partial charge in [-0.1, -0.05) is 30.3 Å². The Balaban J connectivity index is 2.02. The molecule has 0 spiro atoms. The zero-order valence-corrected chi connectivity index (χ0v) is 16.4. The highest BCUT2D eigenvalue weighted by molar-refractivity contribution is 6.00. The standard InChI is InChI=1S/C23H19N3O4/c1-13-20(18-10-11-24-19-9-4-3-8-17(18)19)22(21(23(27)28)14(2)25-13)15-6-5-7-16(12-15)26(29)30/h3-12,22,25H,1-2H3,(H,27,28). The van der Waals surface area contributed by atoms with Crippen molar-refractivity contribution in [2.75, 3.05) is 0 Å². The molecule has 0 saturated heterocycles. The first-order valence-corrected chi connectivity index (χ1v) is 9.39. The van der Waals surface area contributed by atoms with Crippen LogP contribution in [0, 0.1) is 10.1 Å². The first kappa shape index (κ1) is 19.3. The lowest BCUT2D eigenvalue weighted by Gasteiger charge is -2.31. The number of pyridine rings is 1. The number of carboxylic acids is 1. The Bertz CT molecular complexity index is 1250. The van der Waals surface area contributed by atoms with Crippen LogP contribution < -0.4 is 5.32 Å². The van der Waals surface area contributed by atoms with Crippen LogP contribution in [0.3, 0.4) is 0 Å². The second kappa shape index (κ2) is 7.44. The van der Waals surface area contributed by atoms with Gasteiger partial charge in [0.1, 0.15) is 0 Å². The first-order chi connectivity index (χ1) is 14.4. The molecule has 3 aromatic rings. The highest BCUT2D eigenvalue weighted by Crippen LogP contribution is 2.45. The van der Waals surface area contributed by atoms with E-state index >= 15 is 0 Å². The maximum Gasteiger partial charge on any atom is 0.334 e. The summed E-state index contributed by atoms with van der Waals surface area (Å²) in [6.07, 6.45) is 1.69. The van der Waals surface area contributed by atoms with E-state index in [-0.39, 0.29) is 11.3 Å². The summed E-state index contributed by atoms with van der Waals surface area (Å²) in [4.78, 5) is 27.5. The van der Waals surface area contributed by atoms with Gasteiger partial charge >= 0.3 is 5.97 Å². The predicted molar refractivity (Wildman–Crippen MR) is 114 cm³/mol. The highest BCUT2D eigenvalue weighted by atomic mass is 16.6. The molecule has 1 aliphatic rings. The number of nitro benzene ring substituents is 1. The zero-order chi connectivity index (χ0) is 21.4. The van der Waals surface area contributed by atoms with E-state index in [2.05, 4.69) is 10.3 Å². The lowest BCUT2D eigenvalue weighted by atomic mass is 9.77. The van der Waals surface area contributed by atoms with Crippen molar-refractivity contribution in [3.63, 3.8) is 0 Å². The molecule has 1 aromatic heterocycles. The van der Waals surface area contributed by atoms with Gasteiger partial charge in [0.05, 0.1) is 16.0 Å². The third-order valence-corrected chi connectivity index (χ3v) is 5.34. The van der Waals surface area contributed by atoms with Crippen molar-refractivity contribution in [2.45, 2.75) is 19.8 Å². The number of allylic oxidation sites excluding steroid dienone is 3. The Morgan fingerprint density at radius 2 is 1.87 bits per heavy atom. The third-order valence-electron chi connectivity index (χ3n) is 5.34.